The Kier molecular flexibility index (Phi) is 4.13. The Morgan fingerprint density at radius 1 is 1.35 bits per heavy atom. The van der Waals surface area contributed by atoms with Crippen molar-refractivity contribution in [2.45, 2.75) is 33.6 Å². The van der Waals surface area contributed by atoms with Gasteiger partial charge in [0.05, 0.1) is 13.2 Å². The van der Waals surface area contributed by atoms with E-state index in [1.54, 1.807) is 0 Å². The molecule has 4 heteroatoms. The first-order chi connectivity index (χ1) is 10.9. The lowest BCUT2D eigenvalue weighted by molar-refractivity contribution is -0.0976. The molecular weight excluding hydrogens is 290 g/mol. The maximum atomic E-state index is 12.8. The zero-order chi connectivity index (χ0) is 16.7. The van der Waals surface area contributed by atoms with Gasteiger partial charge in [-0.2, -0.15) is 0 Å². The van der Waals surface area contributed by atoms with E-state index < -0.39 is 0 Å². The molecule has 0 spiro atoms. The first-order valence-corrected chi connectivity index (χ1v) is 8.55. The Balaban J connectivity index is 1.69. The molecule has 126 valence electrons. The minimum Gasteiger partial charge on any atom is -0.494 e. The Labute approximate surface area is 138 Å². The van der Waals surface area contributed by atoms with Crippen LogP contribution in [0.2, 0.25) is 0 Å². The van der Waals surface area contributed by atoms with Crippen molar-refractivity contribution in [1.29, 1.82) is 0 Å². The highest BCUT2D eigenvalue weighted by Gasteiger charge is 2.63. The van der Waals surface area contributed by atoms with Gasteiger partial charge in [-0.05, 0) is 48.4 Å². The third-order valence-electron chi connectivity index (χ3n) is 5.58. The molecule has 1 heterocycles. The van der Waals surface area contributed by atoms with Crippen LogP contribution in [0.25, 0.3) is 0 Å². The van der Waals surface area contributed by atoms with Crippen molar-refractivity contribution in [3.8, 4) is 5.75 Å². The molecule has 2 atom stereocenters. The second-order valence-electron chi connectivity index (χ2n) is 7.80. The van der Waals surface area contributed by atoms with E-state index in [1.807, 2.05) is 29.2 Å². The second-order valence-corrected chi connectivity index (χ2v) is 7.80. The monoisotopic (exact) mass is 317 g/mol. The summed E-state index contributed by atoms with van der Waals surface area (Å²) in [4.78, 5) is 14.7. The summed E-state index contributed by atoms with van der Waals surface area (Å²) >= 11 is 0. The number of ether oxygens (including phenoxy) is 1. The van der Waals surface area contributed by atoms with Gasteiger partial charge in [0, 0.05) is 24.1 Å². The van der Waals surface area contributed by atoms with Crippen molar-refractivity contribution in [1.82, 2.24) is 4.90 Å². The molecule has 1 saturated carbocycles. The number of rotatable bonds is 5. The SMILES string of the molecule is CCCOc1ccc(C(=O)N2C[C@@H]3C(C)(C)C[C@]3(CO)C2)cc1. The van der Waals surface area contributed by atoms with Gasteiger partial charge in [0.1, 0.15) is 5.75 Å². The third-order valence-corrected chi connectivity index (χ3v) is 5.58. The number of hydrogen-bond acceptors (Lipinski definition) is 3. The molecule has 1 N–H and O–H groups in total. The second kappa shape index (κ2) is 5.82. The fraction of sp³-hybridized carbons (Fsp3) is 0.632. The highest BCUT2D eigenvalue weighted by molar-refractivity contribution is 5.94. The normalized spacial score (nSPS) is 28.2. The summed E-state index contributed by atoms with van der Waals surface area (Å²) < 4.78 is 5.56. The number of amides is 1. The highest BCUT2D eigenvalue weighted by Crippen LogP contribution is 2.62. The number of carbonyl (C=O) groups excluding carboxylic acids is 1. The van der Waals surface area contributed by atoms with Crippen LogP contribution in [0.1, 0.15) is 44.0 Å². The summed E-state index contributed by atoms with van der Waals surface area (Å²) in [5, 5.41) is 9.81. The highest BCUT2D eigenvalue weighted by atomic mass is 16.5. The van der Waals surface area contributed by atoms with E-state index in [1.165, 1.54) is 0 Å². The quantitative estimate of drug-likeness (QED) is 0.908. The molecule has 3 rings (SSSR count). The molecule has 1 aliphatic heterocycles. The Morgan fingerprint density at radius 2 is 2.04 bits per heavy atom. The van der Waals surface area contributed by atoms with Gasteiger partial charge < -0.3 is 14.7 Å². The first-order valence-electron chi connectivity index (χ1n) is 8.55. The lowest BCUT2D eigenvalue weighted by Crippen LogP contribution is -2.54. The van der Waals surface area contributed by atoms with Crippen LogP contribution in [-0.2, 0) is 0 Å². The predicted octanol–water partition coefficient (Wildman–Crippen LogP) is 2.96. The van der Waals surface area contributed by atoms with Crippen molar-refractivity contribution in [3.63, 3.8) is 0 Å². The molecule has 2 fully saturated rings. The Morgan fingerprint density at radius 3 is 2.57 bits per heavy atom. The van der Waals surface area contributed by atoms with Gasteiger partial charge in [0.2, 0.25) is 0 Å². The predicted molar refractivity (Wildman–Crippen MR) is 89.5 cm³/mol. The standard InChI is InChI=1S/C19H27NO3/c1-4-9-23-15-7-5-14(6-8-15)17(22)20-10-16-18(2,3)11-19(16,12-20)13-21/h5-8,16,21H,4,9-13H2,1-3H3/t16-,19-/m1/s1. The molecule has 0 aromatic heterocycles. The Bertz CT molecular complexity index is 581. The molecule has 1 aromatic rings. The van der Waals surface area contributed by atoms with Gasteiger partial charge in [-0.15, -0.1) is 0 Å². The summed E-state index contributed by atoms with van der Waals surface area (Å²) in [7, 11) is 0. The van der Waals surface area contributed by atoms with Gasteiger partial charge in [-0.1, -0.05) is 20.8 Å². The van der Waals surface area contributed by atoms with Gasteiger partial charge in [-0.3, -0.25) is 4.79 Å². The van der Waals surface area contributed by atoms with Crippen LogP contribution >= 0.6 is 0 Å². The summed E-state index contributed by atoms with van der Waals surface area (Å²) in [5.41, 5.74) is 0.833. The third kappa shape index (κ3) is 2.74. The van der Waals surface area contributed by atoms with Gasteiger partial charge in [-0.25, -0.2) is 0 Å². The van der Waals surface area contributed by atoms with E-state index in [0.717, 1.165) is 25.1 Å². The number of carbonyl (C=O) groups is 1. The van der Waals surface area contributed by atoms with E-state index in [-0.39, 0.29) is 23.3 Å². The van der Waals surface area contributed by atoms with Crippen molar-refractivity contribution < 1.29 is 14.6 Å². The molecule has 1 amide bonds. The zero-order valence-electron chi connectivity index (χ0n) is 14.3. The lowest BCUT2D eigenvalue weighted by Gasteiger charge is -2.55. The molecule has 1 aromatic carbocycles. The van der Waals surface area contributed by atoms with E-state index in [4.69, 9.17) is 4.74 Å². The maximum absolute atomic E-state index is 12.8. The molecule has 1 saturated heterocycles. The van der Waals surface area contributed by atoms with Crippen molar-refractivity contribution in [3.05, 3.63) is 29.8 Å². The largest absolute Gasteiger partial charge is 0.494 e. The number of nitrogens with zero attached hydrogens (tertiary/aromatic N) is 1. The minimum absolute atomic E-state index is 0.0602. The van der Waals surface area contributed by atoms with E-state index in [0.29, 0.717) is 24.6 Å². The Hall–Kier alpha value is -1.55. The van der Waals surface area contributed by atoms with Crippen LogP contribution in [0.3, 0.4) is 0 Å². The van der Waals surface area contributed by atoms with Crippen LogP contribution in [0, 0.1) is 16.7 Å². The van der Waals surface area contributed by atoms with Gasteiger partial charge in [0.15, 0.2) is 0 Å². The van der Waals surface area contributed by atoms with Crippen LogP contribution in [0.5, 0.6) is 5.75 Å². The summed E-state index contributed by atoms with van der Waals surface area (Å²) in [6.45, 7) is 8.83. The summed E-state index contributed by atoms with van der Waals surface area (Å²) in [6, 6.07) is 7.40. The van der Waals surface area contributed by atoms with Crippen molar-refractivity contribution in [2.24, 2.45) is 16.7 Å². The van der Waals surface area contributed by atoms with Crippen molar-refractivity contribution in [2.75, 3.05) is 26.3 Å². The summed E-state index contributed by atoms with van der Waals surface area (Å²) in [6.07, 6.45) is 1.96. The average Bonchev–Trinajstić information content (AvgIpc) is 2.88. The van der Waals surface area contributed by atoms with Crippen LogP contribution in [-0.4, -0.2) is 42.2 Å². The topological polar surface area (TPSA) is 49.8 Å². The fourth-order valence-corrected chi connectivity index (χ4v) is 4.59. The first kappa shape index (κ1) is 16.3. The molecule has 23 heavy (non-hydrogen) atoms. The van der Waals surface area contributed by atoms with Crippen molar-refractivity contribution >= 4 is 5.91 Å². The average molecular weight is 317 g/mol. The smallest absolute Gasteiger partial charge is 0.253 e. The van der Waals surface area contributed by atoms with Gasteiger partial charge >= 0.3 is 0 Å². The fourth-order valence-electron chi connectivity index (χ4n) is 4.59. The van der Waals surface area contributed by atoms with E-state index >= 15 is 0 Å². The lowest BCUT2D eigenvalue weighted by atomic mass is 9.48. The molecule has 0 radical (unpaired) electrons. The van der Waals surface area contributed by atoms with Crippen LogP contribution < -0.4 is 4.74 Å². The number of hydrogen-bond donors (Lipinski definition) is 1. The maximum Gasteiger partial charge on any atom is 0.253 e. The number of aliphatic hydroxyl groups excluding tert-OH is 1. The zero-order valence-corrected chi connectivity index (χ0v) is 14.3. The van der Waals surface area contributed by atoms with E-state index in [9.17, 15) is 9.90 Å². The number of benzene rings is 1. The number of fused-ring (bicyclic) bond motifs is 1. The number of likely N-dealkylation sites (tertiary alicyclic amines) is 1. The van der Waals surface area contributed by atoms with E-state index in [2.05, 4.69) is 20.8 Å². The summed E-state index contributed by atoms with van der Waals surface area (Å²) in [5.74, 6) is 1.26. The molecule has 0 bridgehead atoms. The molecular formula is C19H27NO3. The molecule has 4 nitrogen and oxygen atoms in total. The minimum atomic E-state index is -0.0800. The van der Waals surface area contributed by atoms with Gasteiger partial charge in [0.25, 0.3) is 5.91 Å². The van der Waals surface area contributed by atoms with Crippen LogP contribution in [0.15, 0.2) is 24.3 Å². The number of aliphatic hydroxyl groups is 1. The van der Waals surface area contributed by atoms with Crippen LogP contribution in [0.4, 0.5) is 0 Å². The molecule has 1 aliphatic carbocycles. The molecule has 0 unspecified atom stereocenters. The molecule has 2 aliphatic rings.